The van der Waals surface area contributed by atoms with Crippen LogP contribution in [0.2, 0.25) is 0 Å². The highest BCUT2D eigenvalue weighted by Gasteiger charge is 2.28. The lowest BCUT2D eigenvalue weighted by Crippen LogP contribution is -2.26. The molecule has 17 heavy (non-hydrogen) atoms. The molecule has 1 aromatic heterocycles. The SMILES string of the molecule is NC(c1ccco1)C1OCCc2ccccc21. The summed E-state index contributed by atoms with van der Waals surface area (Å²) in [7, 11) is 0. The zero-order chi connectivity index (χ0) is 11.7. The summed E-state index contributed by atoms with van der Waals surface area (Å²) in [6, 6.07) is 11.8. The molecule has 3 nitrogen and oxygen atoms in total. The molecule has 1 aliphatic rings. The van der Waals surface area contributed by atoms with E-state index >= 15 is 0 Å². The number of rotatable bonds is 2. The molecule has 0 aliphatic carbocycles. The number of furan rings is 1. The Labute approximate surface area is 100 Å². The maximum atomic E-state index is 6.21. The normalized spacial score (nSPS) is 20.9. The van der Waals surface area contributed by atoms with Crippen LogP contribution in [0.4, 0.5) is 0 Å². The first-order valence-corrected chi connectivity index (χ1v) is 5.84. The Hall–Kier alpha value is -1.58. The second-order valence-electron chi connectivity index (χ2n) is 4.28. The minimum Gasteiger partial charge on any atom is -0.468 e. The van der Waals surface area contributed by atoms with Crippen LogP contribution in [0.1, 0.15) is 29.0 Å². The molecular formula is C14H15NO2. The Balaban J connectivity index is 1.95. The van der Waals surface area contributed by atoms with Gasteiger partial charge in [-0.1, -0.05) is 24.3 Å². The standard InChI is InChI=1S/C14H15NO2/c15-13(12-6-3-8-16-12)14-11-5-2-1-4-10(11)7-9-17-14/h1-6,8,13-14H,7,9,15H2. The summed E-state index contributed by atoms with van der Waals surface area (Å²) in [5, 5.41) is 0. The third-order valence-corrected chi connectivity index (χ3v) is 3.23. The maximum Gasteiger partial charge on any atom is 0.123 e. The van der Waals surface area contributed by atoms with Gasteiger partial charge < -0.3 is 14.9 Å². The maximum absolute atomic E-state index is 6.21. The Morgan fingerprint density at radius 2 is 2.06 bits per heavy atom. The largest absolute Gasteiger partial charge is 0.468 e. The summed E-state index contributed by atoms with van der Waals surface area (Å²) in [6.45, 7) is 0.718. The summed E-state index contributed by atoms with van der Waals surface area (Å²) < 4.78 is 11.2. The van der Waals surface area contributed by atoms with Crippen molar-refractivity contribution in [2.45, 2.75) is 18.6 Å². The van der Waals surface area contributed by atoms with Crippen molar-refractivity contribution in [3.05, 3.63) is 59.5 Å². The molecule has 2 atom stereocenters. The number of fused-ring (bicyclic) bond motifs is 1. The lowest BCUT2D eigenvalue weighted by molar-refractivity contribution is 0.0195. The summed E-state index contributed by atoms with van der Waals surface area (Å²) in [6.07, 6.45) is 2.49. The van der Waals surface area contributed by atoms with Gasteiger partial charge in [0, 0.05) is 0 Å². The van der Waals surface area contributed by atoms with Crippen molar-refractivity contribution in [2.24, 2.45) is 5.73 Å². The highest BCUT2D eigenvalue weighted by molar-refractivity contribution is 5.32. The lowest BCUT2D eigenvalue weighted by atomic mass is 9.93. The molecule has 88 valence electrons. The summed E-state index contributed by atoms with van der Waals surface area (Å²) >= 11 is 0. The second kappa shape index (κ2) is 4.35. The van der Waals surface area contributed by atoms with Crippen LogP contribution in [-0.4, -0.2) is 6.61 Å². The topological polar surface area (TPSA) is 48.4 Å². The Bertz CT molecular complexity index is 493. The number of hydrogen-bond acceptors (Lipinski definition) is 3. The van der Waals surface area contributed by atoms with Gasteiger partial charge in [-0.3, -0.25) is 0 Å². The second-order valence-corrected chi connectivity index (χ2v) is 4.28. The molecule has 1 aromatic carbocycles. The molecule has 2 unspecified atom stereocenters. The molecular weight excluding hydrogens is 214 g/mol. The predicted molar refractivity (Wildman–Crippen MR) is 64.5 cm³/mol. The van der Waals surface area contributed by atoms with Gasteiger partial charge in [0.25, 0.3) is 0 Å². The van der Waals surface area contributed by atoms with E-state index in [1.807, 2.05) is 18.2 Å². The zero-order valence-corrected chi connectivity index (χ0v) is 9.50. The summed E-state index contributed by atoms with van der Waals surface area (Å²) in [4.78, 5) is 0. The van der Waals surface area contributed by atoms with Crippen molar-refractivity contribution >= 4 is 0 Å². The summed E-state index contributed by atoms with van der Waals surface area (Å²) in [5.41, 5.74) is 8.72. The molecule has 3 heteroatoms. The molecule has 0 spiro atoms. The van der Waals surface area contributed by atoms with Gasteiger partial charge in [-0.2, -0.15) is 0 Å². The predicted octanol–water partition coefficient (Wildman–Crippen LogP) is 2.59. The molecule has 0 radical (unpaired) electrons. The third kappa shape index (κ3) is 1.88. The van der Waals surface area contributed by atoms with Crippen LogP contribution in [0.5, 0.6) is 0 Å². The smallest absolute Gasteiger partial charge is 0.123 e. The van der Waals surface area contributed by atoms with Crippen LogP contribution in [-0.2, 0) is 11.2 Å². The van der Waals surface area contributed by atoms with Crippen molar-refractivity contribution in [2.75, 3.05) is 6.61 Å². The fourth-order valence-corrected chi connectivity index (χ4v) is 2.35. The highest BCUT2D eigenvalue weighted by atomic mass is 16.5. The van der Waals surface area contributed by atoms with Gasteiger partial charge in [-0.25, -0.2) is 0 Å². The van der Waals surface area contributed by atoms with Crippen molar-refractivity contribution in [1.29, 1.82) is 0 Å². The molecule has 2 N–H and O–H groups in total. The Morgan fingerprint density at radius 3 is 2.88 bits per heavy atom. The van der Waals surface area contributed by atoms with Crippen molar-refractivity contribution in [1.82, 2.24) is 0 Å². The fourth-order valence-electron chi connectivity index (χ4n) is 2.35. The third-order valence-electron chi connectivity index (χ3n) is 3.23. The monoisotopic (exact) mass is 229 g/mol. The quantitative estimate of drug-likeness (QED) is 0.861. The van der Waals surface area contributed by atoms with Crippen LogP contribution < -0.4 is 5.73 Å². The van der Waals surface area contributed by atoms with Gasteiger partial charge in [0.1, 0.15) is 11.9 Å². The lowest BCUT2D eigenvalue weighted by Gasteiger charge is -2.29. The number of hydrogen-bond donors (Lipinski definition) is 1. The van der Waals surface area contributed by atoms with Crippen molar-refractivity contribution in [3.8, 4) is 0 Å². The van der Waals surface area contributed by atoms with E-state index < -0.39 is 0 Å². The molecule has 0 amide bonds. The first kappa shape index (κ1) is 10.6. The Morgan fingerprint density at radius 1 is 1.18 bits per heavy atom. The number of nitrogens with two attached hydrogens (primary N) is 1. The molecule has 2 aromatic rings. The van der Waals surface area contributed by atoms with E-state index in [1.54, 1.807) is 6.26 Å². The average molecular weight is 229 g/mol. The van der Waals surface area contributed by atoms with E-state index in [0.29, 0.717) is 0 Å². The van der Waals surface area contributed by atoms with Crippen LogP contribution >= 0.6 is 0 Å². The highest BCUT2D eigenvalue weighted by Crippen LogP contribution is 2.35. The first-order valence-electron chi connectivity index (χ1n) is 5.84. The van der Waals surface area contributed by atoms with Gasteiger partial charge in [-0.15, -0.1) is 0 Å². The van der Waals surface area contributed by atoms with E-state index in [-0.39, 0.29) is 12.1 Å². The molecule has 0 fully saturated rings. The van der Waals surface area contributed by atoms with Crippen LogP contribution in [0.25, 0.3) is 0 Å². The van der Waals surface area contributed by atoms with Gasteiger partial charge in [0.2, 0.25) is 0 Å². The molecule has 3 rings (SSSR count). The summed E-state index contributed by atoms with van der Waals surface area (Å²) in [5.74, 6) is 0.770. The molecule has 0 saturated heterocycles. The van der Waals surface area contributed by atoms with Crippen LogP contribution in [0.15, 0.2) is 47.1 Å². The average Bonchev–Trinajstić information content (AvgIpc) is 2.91. The number of benzene rings is 1. The van der Waals surface area contributed by atoms with E-state index in [2.05, 4.69) is 18.2 Å². The van der Waals surface area contributed by atoms with Crippen molar-refractivity contribution in [3.63, 3.8) is 0 Å². The number of ether oxygens (including phenoxy) is 1. The minimum absolute atomic E-state index is 0.105. The fraction of sp³-hybridized carbons (Fsp3) is 0.286. The van der Waals surface area contributed by atoms with E-state index in [0.717, 1.165) is 18.8 Å². The first-order chi connectivity index (χ1) is 8.36. The van der Waals surface area contributed by atoms with Gasteiger partial charge in [0.05, 0.1) is 18.9 Å². The van der Waals surface area contributed by atoms with Crippen molar-refractivity contribution < 1.29 is 9.15 Å². The van der Waals surface area contributed by atoms with Gasteiger partial charge >= 0.3 is 0 Å². The molecule has 1 aliphatic heterocycles. The molecule has 2 heterocycles. The zero-order valence-electron chi connectivity index (χ0n) is 9.50. The Kier molecular flexibility index (Phi) is 2.71. The van der Waals surface area contributed by atoms with E-state index in [1.165, 1.54) is 11.1 Å². The van der Waals surface area contributed by atoms with Gasteiger partial charge in [0.15, 0.2) is 0 Å². The molecule has 0 bridgehead atoms. The van der Waals surface area contributed by atoms with Crippen LogP contribution in [0, 0.1) is 0 Å². The minimum atomic E-state index is -0.244. The van der Waals surface area contributed by atoms with E-state index in [9.17, 15) is 0 Å². The van der Waals surface area contributed by atoms with Gasteiger partial charge in [-0.05, 0) is 29.7 Å². The van der Waals surface area contributed by atoms with Crippen LogP contribution in [0.3, 0.4) is 0 Å². The van der Waals surface area contributed by atoms with E-state index in [4.69, 9.17) is 14.9 Å². The molecule has 0 saturated carbocycles.